The van der Waals surface area contributed by atoms with Crippen molar-refractivity contribution >= 4 is 21.7 Å². The van der Waals surface area contributed by atoms with Crippen molar-refractivity contribution in [3.63, 3.8) is 0 Å². The molecule has 0 fully saturated rings. The third-order valence-corrected chi connectivity index (χ3v) is 3.58. The maximum absolute atomic E-state index is 12.1. The molecule has 2 rings (SSSR count). The highest BCUT2D eigenvalue weighted by Crippen LogP contribution is 2.14. The molecule has 0 aliphatic heterocycles. The number of benzene rings is 1. The summed E-state index contributed by atoms with van der Waals surface area (Å²) < 4.78 is 6.46. The van der Waals surface area contributed by atoms with E-state index in [0.717, 1.165) is 28.1 Å². The summed E-state index contributed by atoms with van der Waals surface area (Å²) in [5, 5.41) is 0. The number of nitrogens with zero attached hydrogens (tertiary/aromatic N) is 1. The van der Waals surface area contributed by atoms with Gasteiger partial charge >= 0.3 is 0 Å². The zero-order valence-corrected chi connectivity index (χ0v) is 13.3. The van der Waals surface area contributed by atoms with Gasteiger partial charge in [0.25, 0.3) is 0 Å². The molecule has 1 aromatic carbocycles. The fourth-order valence-electron chi connectivity index (χ4n) is 2.01. The first-order valence-electron chi connectivity index (χ1n) is 6.57. The van der Waals surface area contributed by atoms with Crippen LogP contribution in [0.4, 0.5) is 0 Å². The van der Waals surface area contributed by atoms with Gasteiger partial charge in [-0.15, -0.1) is 0 Å². The van der Waals surface area contributed by atoms with Crippen LogP contribution in [0, 0.1) is 6.92 Å². The number of aryl methyl sites for hydroxylation is 1. The van der Waals surface area contributed by atoms with Gasteiger partial charge in [-0.3, -0.25) is 9.69 Å². The zero-order valence-electron chi connectivity index (χ0n) is 11.7. The van der Waals surface area contributed by atoms with Crippen molar-refractivity contribution in [2.75, 3.05) is 13.6 Å². The molecular weight excluding hydrogens is 318 g/mol. The molecule has 1 aromatic heterocycles. The first-order chi connectivity index (χ1) is 9.54. The van der Waals surface area contributed by atoms with Crippen LogP contribution in [0.2, 0.25) is 0 Å². The van der Waals surface area contributed by atoms with E-state index < -0.39 is 0 Å². The number of carbonyl (C=O) groups excluding carboxylic acids is 1. The van der Waals surface area contributed by atoms with Crippen molar-refractivity contribution in [3.05, 3.63) is 58.0 Å². The highest BCUT2D eigenvalue weighted by molar-refractivity contribution is 9.10. The fraction of sp³-hybridized carbons (Fsp3) is 0.312. The van der Waals surface area contributed by atoms with Gasteiger partial charge in [0, 0.05) is 23.0 Å². The highest BCUT2D eigenvalue weighted by Gasteiger charge is 2.09. The van der Waals surface area contributed by atoms with E-state index in [0.29, 0.717) is 13.0 Å². The molecule has 0 aliphatic rings. The lowest BCUT2D eigenvalue weighted by molar-refractivity contribution is 0.0966. The fourth-order valence-corrected chi connectivity index (χ4v) is 2.41. The zero-order chi connectivity index (χ0) is 14.5. The number of hydrogen-bond donors (Lipinski definition) is 0. The lowest BCUT2D eigenvalue weighted by Gasteiger charge is -2.14. The van der Waals surface area contributed by atoms with Crippen molar-refractivity contribution in [2.24, 2.45) is 0 Å². The van der Waals surface area contributed by atoms with Crippen molar-refractivity contribution in [1.82, 2.24) is 4.90 Å². The Bertz CT molecular complexity index is 592. The second kappa shape index (κ2) is 6.86. The summed E-state index contributed by atoms with van der Waals surface area (Å²) in [5.41, 5.74) is 0.751. The Hall–Kier alpha value is -1.39. The van der Waals surface area contributed by atoms with Crippen LogP contribution in [-0.2, 0) is 6.54 Å². The highest BCUT2D eigenvalue weighted by atomic mass is 79.9. The Labute approximate surface area is 127 Å². The Kier molecular flexibility index (Phi) is 5.15. The van der Waals surface area contributed by atoms with Gasteiger partial charge in [0.05, 0.1) is 6.54 Å². The molecule has 0 aliphatic carbocycles. The van der Waals surface area contributed by atoms with Gasteiger partial charge in [0.1, 0.15) is 11.5 Å². The summed E-state index contributed by atoms with van der Waals surface area (Å²) in [6.45, 7) is 3.37. The minimum atomic E-state index is 0.161. The maximum atomic E-state index is 12.1. The summed E-state index contributed by atoms with van der Waals surface area (Å²) in [4.78, 5) is 14.2. The molecule has 106 valence electrons. The molecule has 0 saturated heterocycles. The molecule has 0 unspecified atom stereocenters. The average Bonchev–Trinajstić information content (AvgIpc) is 2.81. The largest absolute Gasteiger partial charge is 0.465 e. The number of hydrogen-bond acceptors (Lipinski definition) is 3. The summed E-state index contributed by atoms with van der Waals surface area (Å²) >= 11 is 3.38. The quantitative estimate of drug-likeness (QED) is 0.746. The predicted molar refractivity (Wildman–Crippen MR) is 82.9 cm³/mol. The number of halogens is 1. The van der Waals surface area contributed by atoms with Crippen LogP contribution < -0.4 is 0 Å². The van der Waals surface area contributed by atoms with E-state index in [-0.39, 0.29) is 5.78 Å². The van der Waals surface area contributed by atoms with Crippen LogP contribution in [0.5, 0.6) is 0 Å². The number of ketones is 1. The van der Waals surface area contributed by atoms with Crippen molar-refractivity contribution in [1.29, 1.82) is 0 Å². The topological polar surface area (TPSA) is 33.5 Å². The first kappa shape index (κ1) is 15.0. The van der Waals surface area contributed by atoms with E-state index in [4.69, 9.17) is 4.42 Å². The monoisotopic (exact) mass is 335 g/mol. The Morgan fingerprint density at radius 2 is 2.10 bits per heavy atom. The van der Waals surface area contributed by atoms with Gasteiger partial charge in [-0.2, -0.15) is 0 Å². The number of rotatable bonds is 6. The summed E-state index contributed by atoms with van der Waals surface area (Å²) in [6, 6.07) is 11.4. The first-order valence-corrected chi connectivity index (χ1v) is 7.36. The van der Waals surface area contributed by atoms with Crippen molar-refractivity contribution < 1.29 is 9.21 Å². The molecule has 20 heavy (non-hydrogen) atoms. The predicted octanol–water partition coefficient (Wildman–Crippen LogP) is 4.06. The number of furan rings is 1. The Balaban J connectivity index is 1.84. The van der Waals surface area contributed by atoms with E-state index in [1.165, 1.54) is 0 Å². The maximum Gasteiger partial charge on any atom is 0.164 e. The standard InChI is InChI=1S/C16H18BrNO2/c1-12-6-7-15(20-12)11-18(2)9-8-16(19)13-4-3-5-14(17)10-13/h3-7,10H,8-9,11H2,1-2H3. The van der Waals surface area contributed by atoms with Crippen LogP contribution in [0.1, 0.15) is 28.3 Å². The lowest BCUT2D eigenvalue weighted by atomic mass is 10.1. The van der Waals surface area contributed by atoms with E-state index in [9.17, 15) is 4.79 Å². The summed E-state index contributed by atoms with van der Waals surface area (Å²) in [7, 11) is 1.99. The average molecular weight is 336 g/mol. The van der Waals surface area contributed by atoms with Gasteiger partial charge in [-0.05, 0) is 38.2 Å². The smallest absolute Gasteiger partial charge is 0.164 e. The number of carbonyl (C=O) groups is 1. The number of Topliss-reactive ketones (excluding diaryl/α,β-unsaturated/α-hetero) is 1. The molecule has 0 radical (unpaired) electrons. The van der Waals surface area contributed by atoms with E-state index in [1.807, 2.05) is 50.4 Å². The SMILES string of the molecule is Cc1ccc(CN(C)CCC(=O)c2cccc(Br)c2)o1. The van der Waals surface area contributed by atoms with Crippen molar-refractivity contribution in [2.45, 2.75) is 19.9 Å². The molecule has 0 amide bonds. The van der Waals surface area contributed by atoms with Crippen LogP contribution >= 0.6 is 15.9 Å². The van der Waals surface area contributed by atoms with Crippen LogP contribution in [0.15, 0.2) is 45.3 Å². The second-order valence-electron chi connectivity index (χ2n) is 4.93. The van der Waals surface area contributed by atoms with Gasteiger partial charge in [0.2, 0.25) is 0 Å². The molecular formula is C16H18BrNO2. The van der Waals surface area contributed by atoms with Gasteiger partial charge in [0.15, 0.2) is 5.78 Å². The van der Waals surface area contributed by atoms with Crippen LogP contribution in [0.25, 0.3) is 0 Å². The van der Waals surface area contributed by atoms with E-state index in [2.05, 4.69) is 20.8 Å². The van der Waals surface area contributed by atoms with E-state index in [1.54, 1.807) is 0 Å². The molecule has 0 atom stereocenters. The molecule has 2 aromatic rings. The lowest BCUT2D eigenvalue weighted by Crippen LogP contribution is -2.21. The summed E-state index contributed by atoms with van der Waals surface area (Å²) in [6.07, 6.45) is 0.507. The molecule has 0 N–H and O–H groups in total. The van der Waals surface area contributed by atoms with Crippen LogP contribution in [-0.4, -0.2) is 24.3 Å². The molecule has 3 nitrogen and oxygen atoms in total. The van der Waals surface area contributed by atoms with Gasteiger partial charge in [-0.25, -0.2) is 0 Å². The third-order valence-electron chi connectivity index (χ3n) is 3.09. The minimum Gasteiger partial charge on any atom is -0.465 e. The minimum absolute atomic E-state index is 0.161. The van der Waals surface area contributed by atoms with Gasteiger partial charge < -0.3 is 4.42 Å². The molecule has 4 heteroatoms. The Morgan fingerprint density at radius 3 is 2.75 bits per heavy atom. The second-order valence-corrected chi connectivity index (χ2v) is 5.85. The van der Waals surface area contributed by atoms with Crippen LogP contribution in [0.3, 0.4) is 0 Å². The molecule has 0 bridgehead atoms. The van der Waals surface area contributed by atoms with E-state index >= 15 is 0 Å². The third kappa shape index (κ3) is 4.32. The Morgan fingerprint density at radius 1 is 1.30 bits per heavy atom. The van der Waals surface area contributed by atoms with Crippen molar-refractivity contribution in [3.8, 4) is 0 Å². The van der Waals surface area contributed by atoms with Gasteiger partial charge in [-0.1, -0.05) is 28.1 Å². The molecule has 1 heterocycles. The molecule has 0 saturated carbocycles. The molecule has 0 spiro atoms. The summed E-state index contributed by atoms with van der Waals surface area (Å²) in [5.74, 6) is 2.01. The normalized spacial score (nSPS) is 11.0.